The molecular weight excluding hydrogens is 337 g/mol. The van der Waals surface area contributed by atoms with Crippen LogP contribution in [-0.2, 0) is 6.18 Å². The first-order valence-corrected chi connectivity index (χ1v) is 6.50. The number of carbonyl (C=O) groups is 1. The number of hydrogen-bond acceptors (Lipinski definition) is 2. The van der Waals surface area contributed by atoms with Crippen LogP contribution < -0.4 is 0 Å². The number of rotatable bonds is 3. The first-order chi connectivity index (χ1) is 9.29. The summed E-state index contributed by atoms with van der Waals surface area (Å²) in [7, 11) is 0. The Morgan fingerprint density at radius 3 is 2.35 bits per heavy atom. The van der Waals surface area contributed by atoms with Gasteiger partial charge in [0, 0.05) is 16.2 Å². The quantitative estimate of drug-likeness (QED) is 0.784. The van der Waals surface area contributed by atoms with Crippen LogP contribution in [0.1, 0.15) is 29.0 Å². The van der Waals surface area contributed by atoms with Crippen molar-refractivity contribution in [2.75, 3.05) is 0 Å². The van der Waals surface area contributed by atoms with Gasteiger partial charge >= 0.3 is 6.18 Å². The van der Waals surface area contributed by atoms with Gasteiger partial charge in [-0.05, 0) is 25.1 Å². The summed E-state index contributed by atoms with van der Waals surface area (Å²) in [5.41, 5.74) is -0.585. The van der Waals surface area contributed by atoms with E-state index in [2.05, 4.69) is 21.0 Å². The van der Waals surface area contributed by atoms with Gasteiger partial charge in [0.1, 0.15) is 6.04 Å². The number of hydrogen-bond donors (Lipinski definition) is 0. The molecule has 0 spiro atoms. The highest BCUT2D eigenvalue weighted by atomic mass is 79.9. The predicted molar refractivity (Wildman–Crippen MR) is 70.4 cm³/mol. The Morgan fingerprint density at radius 2 is 1.85 bits per heavy atom. The Balaban J connectivity index is 2.22. The van der Waals surface area contributed by atoms with Gasteiger partial charge in [0.2, 0.25) is 0 Å². The summed E-state index contributed by atoms with van der Waals surface area (Å²) in [5.74, 6) is -0.297. The molecule has 3 nitrogen and oxygen atoms in total. The van der Waals surface area contributed by atoms with Crippen LogP contribution in [0.3, 0.4) is 0 Å². The third kappa shape index (κ3) is 3.09. The molecule has 1 atom stereocenters. The van der Waals surface area contributed by atoms with Gasteiger partial charge in [0.25, 0.3) is 0 Å². The van der Waals surface area contributed by atoms with Crippen molar-refractivity contribution in [3.05, 3.63) is 52.3 Å². The van der Waals surface area contributed by atoms with Gasteiger partial charge in [-0.2, -0.15) is 18.3 Å². The minimum Gasteiger partial charge on any atom is -0.292 e. The smallest absolute Gasteiger partial charge is 0.292 e. The molecule has 2 aromatic rings. The molecule has 0 amide bonds. The zero-order valence-corrected chi connectivity index (χ0v) is 11.9. The zero-order chi connectivity index (χ0) is 14.9. The number of benzene rings is 1. The summed E-state index contributed by atoms with van der Waals surface area (Å²) in [6.45, 7) is 1.51. The molecule has 106 valence electrons. The van der Waals surface area contributed by atoms with E-state index in [9.17, 15) is 18.0 Å². The molecule has 7 heteroatoms. The molecule has 0 bridgehead atoms. The topological polar surface area (TPSA) is 34.9 Å². The molecule has 0 radical (unpaired) electrons. The average molecular weight is 347 g/mol. The van der Waals surface area contributed by atoms with Crippen LogP contribution in [0.15, 0.2) is 41.0 Å². The van der Waals surface area contributed by atoms with Crippen molar-refractivity contribution in [3.8, 4) is 0 Å². The van der Waals surface area contributed by atoms with Gasteiger partial charge in [0.05, 0.1) is 0 Å². The lowest BCUT2D eigenvalue weighted by Crippen LogP contribution is -2.18. The maximum atomic E-state index is 12.5. The summed E-state index contributed by atoms with van der Waals surface area (Å²) in [4.78, 5) is 12.2. The Bertz CT molecular complexity index is 619. The standard InChI is InChI=1S/C13H10BrF3N2O/c1-8(12(20)9-2-4-10(14)5-3-9)19-7-6-11(18-19)13(15,16)17/h2-8H,1H3. The molecule has 0 fully saturated rings. The molecule has 0 N–H and O–H groups in total. The van der Waals surface area contributed by atoms with Gasteiger partial charge in [0.15, 0.2) is 11.5 Å². The lowest BCUT2D eigenvalue weighted by Gasteiger charge is -2.11. The number of aromatic nitrogens is 2. The second kappa shape index (κ2) is 5.40. The molecule has 0 aliphatic carbocycles. The van der Waals surface area contributed by atoms with Crippen molar-refractivity contribution < 1.29 is 18.0 Å². The molecule has 0 aliphatic heterocycles. The van der Waals surface area contributed by atoms with Crippen LogP contribution in [0.25, 0.3) is 0 Å². The number of carbonyl (C=O) groups excluding carboxylic acids is 1. The van der Waals surface area contributed by atoms with Crippen LogP contribution in [0, 0.1) is 0 Å². The number of alkyl halides is 3. The number of ketones is 1. The van der Waals surface area contributed by atoms with Crippen LogP contribution in [0.5, 0.6) is 0 Å². The Labute approximate surface area is 121 Å². The second-order valence-electron chi connectivity index (χ2n) is 4.23. The summed E-state index contributed by atoms with van der Waals surface area (Å²) in [6.07, 6.45) is -3.35. The molecule has 1 heterocycles. The lowest BCUT2D eigenvalue weighted by molar-refractivity contribution is -0.141. The predicted octanol–water partition coefficient (Wildman–Crippen LogP) is 4.11. The number of Topliss-reactive ketones (excluding diaryl/α,β-unsaturated/α-hetero) is 1. The maximum absolute atomic E-state index is 12.5. The largest absolute Gasteiger partial charge is 0.435 e. The van der Waals surface area contributed by atoms with Crippen molar-refractivity contribution in [1.82, 2.24) is 9.78 Å². The van der Waals surface area contributed by atoms with Gasteiger partial charge in [-0.15, -0.1) is 0 Å². The Morgan fingerprint density at radius 1 is 1.25 bits per heavy atom. The van der Waals surface area contributed by atoms with Crippen LogP contribution in [0.2, 0.25) is 0 Å². The van der Waals surface area contributed by atoms with E-state index in [4.69, 9.17) is 0 Å². The van der Waals surface area contributed by atoms with Crippen LogP contribution in [0.4, 0.5) is 13.2 Å². The SMILES string of the molecule is CC(C(=O)c1ccc(Br)cc1)n1ccc(C(F)(F)F)n1. The summed E-state index contributed by atoms with van der Waals surface area (Å²) in [6, 6.07) is 6.67. The summed E-state index contributed by atoms with van der Waals surface area (Å²) in [5, 5.41) is 3.41. The average Bonchev–Trinajstić information content (AvgIpc) is 2.87. The van der Waals surface area contributed by atoms with Gasteiger partial charge < -0.3 is 0 Å². The fourth-order valence-corrected chi connectivity index (χ4v) is 1.94. The van der Waals surface area contributed by atoms with E-state index >= 15 is 0 Å². The normalized spacial score (nSPS) is 13.2. The highest BCUT2D eigenvalue weighted by Gasteiger charge is 2.34. The molecule has 0 aliphatic rings. The summed E-state index contributed by atoms with van der Waals surface area (Å²) < 4.78 is 39.2. The number of nitrogens with zero attached hydrogens (tertiary/aromatic N) is 2. The highest BCUT2D eigenvalue weighted by Crippen LogP contribution is 2.28. The first-order valence-electron chi connectivity index (χ1n) is 5.71. The van der Waals surface area contributed by atoms with E-state index in [0.717, 1.165) is 21.4 Å². The Kier molecular flexibility index (Phi) is 3.99. The second-order valence-corrected chi connectivity index (χ2v) is 5.14. The highest BCUT2D eigenvalue weighted by molar-refractivity contribution is 9.10. The lowest BCUT2D eigenvalue weighted by atomic mass is 10.1. The van der Waals surface area contributed by atoms with Crippen molar-refractivity contribution in [1.29, 1.82) is 0 Å². The molecular formula is C13H10BrF3N2O. The van der Waals surface area contributed by atoms with E-state index in [1.165, 1.54) is 6.92 Å². The number of halogens is 4. The van der Waals surface area contributed by atoms with Gasteiger partial charge in [-0.3, -0.25) is 9.48 Å². The molecule has 0 saturated heterocycles. The van der Waals surface area contributed by atoms with Crippen molar-refractivity contribution >= 4 is 21.7 Å². The van der Waals surface area contributed by atoms with Crippen molar-refractivity contribution in [2.45, 2.75) is 19.1 Å². The third-order valence-corrected chi connectivity index (χ3v) is 3.33. The van der Waals surface area contributed by atoms with Crippen LogP contribution in [-0.4, -0.2) is 15.6 Å². The van der Waals surface area contributed by atoms with E-state index in [-0.39, 0.29) is 5.78 Å². The van der Waals surface area contributed by atoms with Crippen molar-refractivity contribution in [3.63, 3.8) is 0 Å². The molecule has 1 aromatic heterocycles. The van der Waals surface area contributed by atoms with E-state index in [1.54, 1.807) is 24.3 Å². The first kappa shape index (κ1) is 14.8. The monoisotopic (exact) mass is 346 g/mol. The van der Waals surface area contributed by atoms with E-state index in [1.807, 2.05) is 0 Å². The van der Waals surface area contributed by atoms with Crippen molar-refractivity contribution in [2.24, 2.45) is 0 Å². The molecule has 2 rings (SSSR count). The molecule has 1 aromatic carbocycles. The van der Waals surface area contributed by atoms with Crippen LogP contribution >= 0.6 is 15.9 Å². The zero-order valence-electron chi connectivity index (χ0n) is 10.4. The van der Waals surface area contributed by atoms with Gasteiger partial charge in [-0.1, -0.05) is 28.1 Å². The minimum atomic E-state index is -4.51. The molecule has 1 unspecified atom stereocenters. The summed E-state index contributed by atoms with van der Waals surface area (Å²) >= 11 is 3.25. The van der Waals surface area contributed by atoms with Gasteiger partial charge in [-0.25, -0.2) is 0 Å². The minimum absolute atomic E-state index is 0.297. The fraction of sp³-hybridized carbons (Fsp3) is 0.231. The van der Waals surface area contributed by atoms with E-state index in [0.29, 0.717) is 5.56 Å². The molecule has 20 heavy (non-hydrogen) atoms. The third-order valence-electron chi connectivity index (χ3n) is 2.80. The Hall–Kier alpha value is -1.63. The maximum Gasteiger partial charge on any atom is 0.435 e. The van der Waals surface area contributed by atoms with E-state index < -0.39 is 17.9 Å². The fourth-order valence-electron chi connectivity index (χ4n) is 1.68. The molecule has 0 saturated carbocycles.